The van der Waals surface area contributed by atoms with Crippen LogP contribution >= 0.6 is 0 Å². The van der Waals surface area contributed by atoms with Crippen LogP contribution in [-0.2, 0) is 0 Å². The molecule has 0 aromatic carbocycles. The quantitative estimate of drug-likeness (QED) is 0.513. The largest absolute Gasteiger partial charge is 0.364 e. The first kappa shape index (κ1) is 16.1. The highest BCUT2D eigenvalue weighted by Crippen LogP contribution is 2.24. The highest BCUT2D eigenvalue weighted by molar-refractivity contribution is 5.75. The molecule has 0 saturated carbocycles. The third-order valence-corrected chi connectivity index (χ3v) is 4.28. The third-order valence-electron chi connectivity index (χ3n) is 4.28. The Morgan fingerprint density at radius 3 is 2.68 bits per heavy atom. The molecule has 5 rings (SSSR count). The van der Waals surface area contributed by atoms with E-state index in [1.807, 2.05) is 47.9 Å². The van der Waals surface area contributed by atoms with E-state index in [2.05, 4.69) is 35.6 Å². The summed E-state index contributed by atoms with van der Waals surface area (Å²) in [6.07, 6.45) is 6.77. The lowest BCUT2D eigenvalue weighted by atomic mass is 10.2. The van der Waals surface area contributed by atoms with Gasteiger partial charge in [0.25, 0.3) is 0 Å². The van der Waals surface area contributed by atoms with Crippen molar-refractivity contribution in [3.63, 3.8) is 0 Å². The van der Waals surface area contributed by atoms with Crippen molar-refractivity contribution in [1.29, 1.82) is 0 Å². The minimum Gasteiger partial charge on any atom is -0.364 e. The summed E-state index contributed by atoms with van der Waals surface area (Å²) in [5, 5.41) is 15.3. The first-order valence-corrected chi connectivity index (χ1v) is 8.55. The van der Waals surface area contributed by atoms with Crippen LogP contribution in [0.2, 0.25) is 0 Å². The Morgan fingerprint density at radius 2 is 1.82 bits per heavy atom. The summed E-state index contributed by atoms with van der Waals surface area (Å²) >= 11 is 0. The molecule has 0 aliphatic carbocycles. The molecule has 0 saturated heterocycles. The molecule has 5 aromatic heterocycles. The number of anilines is 2. The van der Waals surface area contributed by atoms with Gasteiger partial charge in [-0.2, -0.15) is 0 Å². The van der Waals surface area contributed by atoms with Crippen molar-refractivity contribution in [3.8, 4) is 22.8 Å². The number of rotatable bonds is 4. The van der Waals surface area contributed by atoms with E-state index in [1.54, 1.807) is 18.6 Å². The van der Waals surface area contributed by atoms with Gasteiger partial charge < -0.3 is 9.84 Å². The molecule has 0 amide bonds. The molecule has 0 radical (unpaired) electrons. The van der Waals surface area contributed by atoms with Crippen LogP contribution in [0.3, 0.4) is 0 Å². The molecular formula is C19H14N8O. The number of fused-ring (bicyclic) bond motifs is 1. The molecule has 5 aromatic rings. The van der Waals surface area contributed by atoms with Gasteiger partial charge in [-0.25, -0.2) is 15.0 Å². The van der Waals surface area contributed by atoms with Crippen LogP contribution in [0.5, 0.6) is 0 Å². The summed E-state index contributed by atoms with van der Waals surface area (Å²) in [5.41, 5.74) is 5.31. The zero-order valence-electron chi connectivity index (χ0n) is 14.8. The van der Waals surface area contributed by atoms with Crippen LogP contribution in [0, 0.1) is 6.92 Å². The van der Waals surface area contributed by atoms with E-state index < -0.39 is 0 Å². The Balaban J connectivity index is 1.51. The van der Waals surface area contributed by atoms with Crippen LogP contribution in [0.25, 0.3) is 28.4 Å². The van der Waals surface area contributed by atoms with Gasteiger partial charge in [-0.3, -0.25) is 4.40 Å². The van der Waals surface area contributed by atoms with Crippen LogP contribution in [0.4, 0.5) is 11.6 Å². The average molecular weight is 370 g/mol. The number of aromatic nitrogens is 7. The van der Waals surface area contributed by atoms with E-state index in [1.165, 1.54) is 6.26 Å². The molecule has 5 heterocycles. The molecule has 0 aliphatic heterocycles. The summed E-state index contributed by atoms with van der Waals surface area (Å²) in [6.45, 7) is 1.99. The Bertz CT molecular complexity index is 1260. The minimum atomic E-state index is 0.449. The molecule has 9 heteroatoms. The van der Waals surface area contributed by atoms with Crippen molar-refractivity contribution in [1.82, 2.24) is 34.7 Å². The number of hydrogen-bond donors (Lipinski definition) is 1. The lowest BCUT2D eigenvalue weighted by Gasteiger charge is -2.10. The van der Waals surface area contributed by atoms with Crippen LogP contribution in [0.1, 0.15) is 5.56 Å². The van der Waals surface area contributed by atoms with Crippen molar-refractivity contribution in [3.05, 3.63) is 66.9 Å². The second-order valence-corrected chi connectivity index (χ2v) is 6.12. The fourth-order valence-electron chi connectivity index (χ4n) is 2.88. The molecular weight excluding hydrogens is 356 g/mol. The first-order chi connectivity index (χ1) is 13.8. The van der Waals surface area contributed by atoms with Gasteiger partial charge in [0.2, 0.25) is 5.95 Å². The molecule has 28 heavy (non-hydrogen) atoms. The van der Waals surface area contributed by atoms with E-state index >= 15 is 0 Å². The molecule has 0 unspecified atom stereocenters. The SMILES string of the molecule is Cc1ccn2cnnc2c1Nc1nccc(-c2cccc(-c3ccon3)n2)n1. The lowest BCUT2D eigenvalue weighted by Crippen LogP contribution is -2.02. The van der Waals surface area contributed by atoms with Gasteiger partial charge in [0.15, 0.2) is 5.65 Å². The molecule has 0 atom stereocenters. The Hall–Kier alpha value is -4.14. The fraction of sp³-hybridized carbons (Fsp3) is 0.0526. The third kappa shape index (κ3) is 2.84. The Labute approximate surface area is 159 Å². The summed E-state index contributed by atoms with van der Waals surface area (Å²) in [6, 6.07) is 11.2. The number of aryl methyl sites for hydroxylation is 1. The summed E-state index contributed by atoms with van der Waals surface area (Å²) in [4.78, 5) is 13.6. The fourth-order valence-corrected chi connectivity index (χ4v) is 2.88. The lowest BCUT2D eigenvalue weighted by molar-refractivity contribution is 0.422. The van der Waals surface area contributed by atoms with E-state index in [-0.39, 0.29) is 0 Å². The van der Waals surface area contributed by atoms with Crippen LogP contribution < -0.4 is 5.32 Å². The van der Waals surface area contributed by atoms with Gasteiger partial charge in [-0.05, 0) is 36.8 Å². The molecule has 0 fully saturated rings. The molecule has 0 aliphatic rings. The standard InChI is InChI=1S/C19H14N8O/c1-12-6-9-27-11-21-25-18(27)17(12)24-19-20-8-5-15(23-19)13-3-2-4-14(22-13)16-7-10-28-26-16/h2-11H,1H3,(H,20,23,24). The summed E-state index contributed by atoms with van der Waals surface area (Å²) < 4.78 is 6.74. The van der Waals surface area contributed by atoms with Crippen molar-refractivity contribution in [2.24, 2.45) is 0 Å². The molecule has 0 spiro atoms. The van der Waals surface area contributed by atoms with Gasteiger partial charge in [0.05, 0.1) is 22.8 Å². The van der Waals surface area contributed by atoms with E-state index in [4.69, 9.17) is 4.52 Å². The van der Waals surface area contributed by atoms with Crippen molar-refractivity contribution in [2.75, 3.05) is 5.32 Å². The maximum atomic E-state index is 4.90. The number of pyridine rings is 2. The first-order valence-electron chi connectivity index (χ1n) is 8.55. The summed E-state index contributed by atoms with van der Waals surface area (Å²) in [7, 11) is 0. The second-order valence-electron chi connectivity index (χ2n) is 6.12. The predicted octanol–water partition coefficient (Wildman–Crippen LogP) is 3.29. The monoisotopic (exact) mass is 370 g/mol. The number of nitrogens with one attached hydrogen (secondary N) is 1. The number of hydrogen-bond acceptors (Lipinski definition) is 8. The van der Waals surface area contributed by atoms with Gasteiger partial charge in [0.1, 0.15) is 18.3 Å². The number of nitrogens with zero attached hydrogens (tertiary/aromatic N) is 7. The zero-order chi connectivity index (χ0) is 18.9. The second kappa shape index (κ2) is 6.54. The average Bonchev–Trinajstić information content (AvgIpc) is 3.42. The van der Waals surface area contributed by atoms with Gasteiger partial charge in [0, 0.05) is 18.5 Å². The highest BCUT2D eigenvalue weighted by atomic mass is 16.5. The van der Waals surface area contributed by atoms with Gasteiger partial charge in [-0.15, -0.1) is 10.2 Å². The normalized spacial score (nSPS) is 11.0. The van der Waals surface area contributed by atoms with E-state index in [0.717, 1.165) is 11.3 Å². The topological polar surface area (TPSA) is 107 Å². The van der Waals surface area contributed by atoms with Crippen molar-refractivity contribution < 1.29 is 4.52 Å². The molecule has 1 N–H and O–H groups in total. The maximum Gasteiger partial charge on any atom is 0.227 e. The smallest absolute Gasteiger partial charge is 0.227 e. The Morgan fingerprint density at radius 1 is 0.964 bits per heavy atom. The van der Waals surface area contributed by atoms with Gasteiger partial charge >= 0.3 is 0 Å². The Kier molecular flexibility index (Phi) is 3.75. The van der Waals surface area contributed by atoms with Crippen LogP contribution in [0.15, 0.2) is 65.9 Å². The molecule has 136 valence electrons. The summed E-state index contributed by atoms with van der Waals surface area (Å²) in [5.74, 6) is 0.449. The molecule has 0 bridgehead atoms. The van der Waals surface area contributed by atoms with E-state index in [0.29, 0.717) is 34.4 Å². The minimum absolute atomic E-state index is 0.449. The van der Waals surface area contributed by atoms with Crippen LogP contribution in [-0.4, -0.2) is 34.7 Å². The van der Waals surface area contributed by atoms with Crippen molar-refractivity contribution in [2.45, 2.75) is 6.92 Å². The van der Waals surface area contributed by atoms with Crippen molar-refractivity contribution >= 4 is 17.3 Å². The zero-order valence-corrected chi connectivity index (χ0v) is 14.8. The highest BCUT2D eigenvalue weighted by Gasteiger charge is 2.11. The maximum absolute atomic E-state index is 4.90. The molecule has 9 nitrogen and oxygen atoms in total. The predicted molar refractivity (Wildman–Crippen MR) is 102 cm³/mol. The van der Waals surface area contributed by atoms with Gasteiger partial charge in [-0.1, -0.05) is 11.2 Å². The van der Waals surface area contributed by atoms with E-state index in [9.17, 15) is 0 Å².